The predicted molar refractivity (Wildman–Crippen MR) is 120 cm³/mol. The fraction of sp³-hybridized carbons (Fsp3) is 0.722. The predicted octanol–water partition coefficient (Wildman–Crippen LogP) is 4.99. The molecule has 0 saturated carbocycles. The van der Waals surface area contributed by atoms with Crippen molar-refractivity contribution in [1.29, 1.82) is 0 Å². The number of piperidine rings is 1. The summed E-state index contributed by atoms with van der Waals surface area (Å²) in [7, 11) is 0. The number of hydrogen-bond acceptors (Lipinski definition) is 5. The molecule has 2 fully saturated rings. The number of halogens is 1. The van der Waals surface area contributed by atoms with Gasteiger partial charge in [0.05, 0.1) is 24.9 Å². The SMILES string of the molecule is CC.CC.Cc1nn(PI)c2nc(N3CCC4(CCOC4)CC3)cnc12. The van der Waals surface area contributed by atoms with Gasteiger partial charge in [0.15, 0.2) is 5.65 Å². The normalized spacial score (nSPS) is 18.8. The number of rotatable bonds is 2. The fourth-order valence-corrected chi connectivity index (χ4v) is 4.92. The average Bonchev–Trinajstić information content (AvgIpc) is 3.30. The highest BCUT2D eigenvalue weighted by Gasteiger charge is 2.38. The molecule has 0 radical (unpaired) electrons. The Hall–Kier alpha value is -0.530. The van der Waals surface area contributed by atoms with Crippen LogP contribution in [0.5, 0.6) is 0 Å². The molecule has 2 aromatic rings. The van der Waals surface area contributed by atoms with Crippen molar-refractivity contribution in [3.8, 4) is 0 Å². The number of anilines is 1. The molecular formula is C18H31IN5OP. The second-order valence-electron chi connectivity index (χ2n) is 6.27. The van der Waals surface area contributed by atoms with Crippen LogP contribution in [-0.2, 0) is 4.74 Å². The number of hydrogen-bond donors (Lipinski definition) is 0. The van der Waals surface area contributed by atoms with E-state index in [4.69, 9.17) is 9.72 Å². The molecule has 1 spiro atoms. The molecule has 0 bridgehead atoms. The van der Waals surface area contributed by atoms with Crippen LogP contribution in [0.25, 0.3) is 11.2 Å². The fourth-order valence-electron chi connectivity index (χ4n) is 3.48. The molecule has 2 aliphatic heterocycles. The van der Waals surface area contributed by atoms with Gasteiger partial charge in [-0.2, -0.15) is 5.10 Å². The highest BCUT2D eigenvalue weighted by atomic mass is 127. The second-order valence-corrected chi connectivity index (χ2v) is 8.31. The van der Waals surface area contributed by atoms with Gasteiger partial charge in [-0.15, -0.1) is 0 Å². The Morgan fingerprint density at radius 1 is 1.15 bits per heavy atom. The minimum absolute atomic E-state index is 0.427. The lowest BCUT2D eigenvalue weighted by Crippen LogP contribution is -2.40. The third kappa shape index (κ3) is 4.47. The van der Waals surface area contributed by atoms with Crippen molar-refractivity contribution in [2.24, 2.45) is 5.41 Å². The summed E-state index contributed by atoms with van der Waals surface area (Å²) in [6, 6.07) is 0. The summed E-state index contributed by atoms with van der Waals surface area (Å²) in [6.07, 6.45) is 6.05. The molecule has 26 heavy (non-hydrogen) atoms. The minimum atomic E-state index is 0.427. The summed E-state index contributed by atoms with van der Waals surface area (Å²) in [4.78, 5) is 11.8. The molecule has 1 atom stereocenters. The van der Waals surface area contributed by atoms with Gasteiger partial charge < -0.3 is 9.64 Å². The van der Waals surface area contributed by atoms with Crippen LogP contribution < -0.4 is 4.90 Å². The first-order chi connectivity index (χ1) is 12.7. The number of fused-ring (bicyclic) bond motifs is 1. The minimum Gasteiger partial charge on any atom is -0.381 e. The van der Waals surface area contributed by atoms with E-state index in [1.165, 1.54) is 19.3 Å². The lowest BCUT2D eigenvalue weighted by molar-refractivity contribution is 0.133. The monoisotopic (exact) mass is 491 g/mol. The first kappa shape index (κ1) is 21.8. The maximum atomic E-state index is 5.61. The first-order valence-corrected chi connectivity index (χ1v) is 13.7. The lowest BCUT2D eigenvalue weighted by Gasteiger charge is -2.38. The van der Waals surface area contributed by atoms with Gasteiger partial charge in [-0.25, -0.2) is 14.4 Å². The summed E-state index contributed by atoms with van der Waals surface area (Å²) < 4.78 is 7.57. The van der Waals surface area contributed by atoms with Gasteiger partial charge in [0, 0.05) is 19.7 Å². The van der Waals surface area contributed by atoms with Gasteiger partial charge in [-0.1, -0.05) is 27.7 Å². The molecule has 8 heteroatoms. The second kappa shape index (κ2) is 10.1. The zero-order valence-electron chi connectivity index (χ0n) is 16.5. The summed E-state index contributed by atoms with van der Waals surface area (Å²) in [5.74, 6) is 0.983. The Labute approximate surface area is 171 Å². The average molecular weight is 491 g/mol. The Kier molecular flexibility index (Phi) is 8.48. The van der Waals surface area contributed by atoms with Crippen molar-refractivity contribution in [2.75, 3.05) is 31.2 Å². The molecular weight excluding hydrogens is 460 g/mol. The molecule has 6 nitrogen and oxygen atoms in total. The Morgan fingerprint density at radius 2 is 1.85 bits per heavy atom. The van der Waals surface area contributed by atoms with Crippen LogP contribution in [0.3, 0.4) is 0 Å². The number of ether oxygens (including phenoxy) is 1. The van der Waals surface area contributed by atoms with E-state index < -0.39 is 0 Å². The van der Waals surface area contributed by atoms with Gasteiger partial charge in [-0.3, -0.25) is 0 Å². The van der Waals surface area contributed by atoms with Gasteiger partial charge in [0.2, 0.25) is 0 Å². The van der Waals surface area contributed by atoms with Crippen LogP contribution in [0.1, 0.15) is 52.7 Å². The van der Waals surface area contributed by atoms with E-state index in [1.807, 2.05) is 45.3 Å². The molecule has 0 aliphatic carbocycles. The maximum absolute atomic E-state index is 5.61. The van der Waals surface area contributed by atoms with E-state index in [1.54, 1.807) is 0 Å². The zero-order valence-corrected chi connectivity index (χ0v) is 19.7. The maximum Gasteiger partial charge on any atom is 0.183 e. The largest absolute Gasteiger partial charge is 0.381 e. The summed E-state index contributed by atoms with van der Waals surface area (Å²) in [6.45, 7) is 14.0. The van der Waals surface area contributed by atoms with Crippen molar-refractivity contribution in [2.45, 2.75) is 53.9 Å². The highest BCUT2D eigenvalue weighted by Crippen LogP contribution is 2.40. The standard InChI is InChI=1S/C14H19IN5OP.2C2H6/c1-10-12-13(20(18-10)22-15)17-11(8-16-12)19-5-2-14(3-6-19)4-7-21-9-14;2*1-2/h8,22H,2-7,9H2,1H3;2*1-2H3. The van der Waals surface area contributed by atoms with E-state index in [-0.39, 0.29) is 0 Å². The lowest BCUT2D eigenvalue weighted by atomic mass is 9.78. The van der Waals surface area contributed by atoms with E-state index in [0.717, 1.165) is 49.0 Å². The smallest absolute Gasteiger partial charge is 0.183 e. The van der Waals surface area contributed by atoms with E-state index in [2.05, 4.69) is 37.0 Å². The van der Waals surface area contributed by atoms with Gasteiger partial charge in [0.1, 0.15) is 11.3 Å². The number of aryl methyl sites for hydroxylation is 1. The summed E-state index contributed by atoms with van der Waals surface area (Å²) in [5.41, 5.74) is 3.22. The number of nitrogens with zero attached hydrogens (tertiary/aromatic N) is 5. The molecule has 2 aromatic heterocycles. The van der Waals surface area contributed by atoms with Crippen LogP contribution >= 0.6 is 28.4 Å². The highest BCUT2D eigenvalue weighted by molar-refractivity contribution is 14.2. The van der Waals surface area contributed by atoms with Gasteiger partial charge in [0.25, 0.3) is 0 Å². The molecule has 2 aliphatic rings. The van der Waals surface area contributed by atoms with E-state index >= 15 is 0 Å². The van der Waals surface area contributed by atoms with Crippen LogP contribution in [-0.4, -0.2) is 45.8 Å². The van der Waals surface area contributed by atoms with Crippen LogP contribution in [0, 0.1) is 12.3 Å². The van der Waals surface area contributed by atoms with E-state index in [9.17, 15) is 0 Å². The van der Waals surface area contributed by atoms with Crippen molar-refractivity contribution < 1.29 is 4.74 Å². The quantitative estimate of drug-likeness (QED) is 0.438. The number of aromatic nitrogens is 4. The van der Waals surface area contributed by atoms with Crippen LogP contribution in [0.15, 0.2) is 6.20 Å². The molecule has 0 aromatic carbocycles. The van der Waals surface area contributed by atoms with Crippen LogP contribution in [0.4, 0.5) is 5.82 Å². The van der Waals surface area contributed by atoms with Gasteiger partial charge in [-0.05, 0) is 53.6 Å². The topological polar surface area (TPSA) is 56.1 Å². The van der Waals surface area contributed by atoms with Gasteiger partial charge >= 0.3 is 0 Å². The third-order valence-corrected chi connectivity index (χ3v) is 6.79. The van der Waals surface area contributed by atoms with Crippen molar-refractivity contribution in [3.63, 3.8) is 0 Å². The Morgan fingerprint density at radius 3 is 2.42 bits per heavy atom. The first-order valence-electron chi connectivity index (χ1n) is 9.63. The molecule has 4 heterocycles. The molecule has 2 saturated heterocycles. The van der Waals surface area contributed by atoms with Crippen molar-refractivity contribution >= 4 is 45.4 Å². The summed E-state index contributed by atoms with van der Waals surface area (Å²) in [5, 5.41) is 4.51. The molecule has 1 unspecified atom stereocenters. The summed E-state index contributed by atoms with van der Waals surface area (Å²) >= 11 is 2.34. The Bertz CT molecular complexity index is 692. The van der Waals surface area contributed by atoms with Crippen molar-refractivity contribution in [3.05, 3.63) is 11.9 Å². The molecule has 0 amide bonds. The molecule has 0 N–H and O–H groups in total. The molecule has 4 rings (SSSR count). The zero-order chi connectivity index (χ0) is 19.2. The van der Waals surface area contributed by atoms with Crippen molar-refractivity contribution in [1.82, 2.24) is 19.5 Å². The Balaban J connectivity index is 0.000000570. The molecule has 146 valence electrons. The van der Waals surface area contributed by atoms with Crippen LogP contribution in [0.2, 0.25) is 0 Å². The third-order valence-electron chi connectivity index (χ3n) is 4.95. The van der Waals surface area contributed by atoms with E-state index in [0.29, 0.717) is 11.8 Å².